The molecule has 1 aromatic rings. The van der Waals surface area contributed by atoms with E-state index in [1.807, 2.05) is 6.07 Å². The van der Waals surface area contributed by atoms with Crippen molar-refractivity contribution in [1.82, 2.24) is 14.5 Å². The number of sulfonamides is 1. The van der Waals surface area contributed by atoms with E-state index >= 15 is 0 Å². The van der Waals surface area contributed by atoms with E-state index in [2.05, 4.69) is 17.1 Å². The Morgan fingerprint density at radius 2 is 1.86 bits per heavy atom. The minimum Gasteiger partial charge on any atom is -0.379 e. The summed E-state index contributed by atoms with van der Waals surface area (Å²) in [6, 6.07) is 8.60. The number of carbonyl (C=O) groups excluding carboxylic acids is 1. The molecule has 0 spiro atoms. The normalized spacial score (nSPS) is 24.3. The fraction of sp³-hybridized carbons (Fsp3) is 0.667. The van der Waals surface area contributed by atoms with Gasteiger partial charge in [-0.2, -0.15) is 4.31 Å². The van der Waals surface area contributed by atoms with E-state index in [4.69, 9.17) is 4.74 Å². The number of piperidine rings is 1. The quantitative estimate of drug-likeness (QED) is 0.687. The van der Waals surface area contributed by atoms with Crippen LogP contribution in [0.15, 0.2) is 35.2 Å². The first-order valence-electron chi connectivity index (χ1n) is 10.6. The van der Waals surface area contributed by atoms with Gasteiger partial charge < -0.3 is 10.1 Å². The minimum absolute atomic E-state index is 0.0704. The predicted octanol–water partition coefficient (Wildman–Crippen LogP) is 1.56. The van der Waals surface area contributed by atoms with Gasteiger partial charge >= 0.3 is 0 Å². The summed E-state index contributed by atoms with van der Waals surface area (Å²) < 4.78 is 32.7. The van der Waals surface area contributed by atoms with Crippen LogP contribution < -0.4 is 5.32 Å². The molecule has 0 radical (unpaired) electrons. The molecule has 8 heteroatoms. The third kappa shape index (κ3) is 6.01. The zero-order chi connectivity index (χ0) is 20.7. The lowest BCUT2D eigenvalue weighted by Gasteiger charge is -2.37. The van der Waals surface area contributed by atoms with Crippen molar-refractivity contribution < 1.29 is 17.9 Å². The van der Waals surface area contributed by atoms with Crippen molar-refractivity contribution in [3.63, 3.8) is 0 Å². The van der Waals surface area contributed by atoms with Crippen LogP contribution in [0.4, 0.5) is 0 Å². The molecule has 29 heavy (non-hydrogen) atoms. The van der Waals surface area contributed by atoms with Crippen molar-refractivity contribution in [2.45, 2.75) is 31.1 Å². The number of amides is 1. The highest BCUT2D eigenvalue weighted by atomic mass is 32.2. The Labute approximate surface area is 174 Å². The highest BCUT2D eigenvalue weighted by molar-refractivity contribution is 7.89. The smallest absolute Gasteiger partial charge is 0.243 e. The Morgan fingerprint density at radius 3 is 2.55 bits per heavy atom. The first-order chi connectivity index (χ1) is 14.0. The van der Waals surface area contributed by atoms with E-state index < -0.39 is 10.0 Å². The zero-order valence-electron chi connectivity index (χ0n) is 17.3. The van der Waals surface area contributed by atoms with E-state index in [9.17, 15) is 13.2 Å². The van der Waals surface area contributed by atoms with E-state index in [0.29, 0.717) is 31.0 Å². The molecule has 1 aromatic carbocycles. The lowest BCUT2D eigenvalue weighted by Crippen LogP contribution is -2.45. The minimum atomic E-state index is -3.47. The largest absolute Gasteiger partial charge is 0.379 e. The topological polar surface area (TPSA) is 79.0 Å². The van der Waals surface area contributed by atoms with Gasteiger partial charge in [0, 0.05) is 45.7 Å². The van der Waals surface area contributed by atoms with E-state index in [0.717, 1.165) is 45.7 Å². The summed E-state index contributed by atoms with van der Waals surface area (Å²) in [6.07, 6.45) is 2.06. The number of rotatable bonds is 8. The number of nitrogens with zero attached hydrogens (tertiary/aromatic N) is 2. The van der Waals surface area contributed by atoms with Gasteiger partial charge in [-0.1, -0.05) is 31.5 Å². The van der Waals surface area contributed by atoms with E-state index in [-0.39, 0.29) is 17.7 Å². The van der Waals surface area contributed by atoms with Gasteiger partial charge in [-0.15, -0.1) is 0 Å². The molecule has 0 bridgehead atoms. The summed E-state index contributed by atoms with van der Waals surface area (Å²) in [5.74, 6) is 0.499. The SMILES string of the molecule is CCC1CN(S(=O)(=O)c2ccccc2)CCC1CC(=O)NCCN1CCOCC1. The van der Waals surface area contributed by atoms with Crippen LogP contribution >= 0.6 is 0 Å². The molecule has 2 saturated heterocycles. The number of hydrogen-bond donors (Lipinski definition) is 1. The highest BCUT2D eigenvalue weighted by Crippen LogP contribution is 2.31. The fourth-order valence-electron chi connectivity index (χ4n) is 4.23. The van der Waals surface area contributed by atoms with Crippen molar-refractivity contribution in [3.8, 4) is 0 Å². The molecule has 1 N–H and O–H groups in total. The van der Waals surface area contributed by atoms with Gasteiger partial charge in [0.15, 0.2) is 0 Å². The van der Waals surface area contributed by atoms with Crippen LogP contribution in [0.1, 0.15) is 26.2 Å². The summed E-state index contributed by atoms with van der Waals surface area (Å²) in [5.41, 5.74) is 0. The number of morpholine rings is 1. The summed E-state index contributed by atoms with van der Waals surface area (Å²) >= 11 is 0. The van der Waals surface area contributed by atoms with Crippen molar-refractivity contribution in [2.75, 3.05) is 52.5 Å². The standard InChI is InChI=1S/C21H33N3O4S/c1-2-18-17-24(29(26,27)20-6-4-3-5-7-20)10-8-19(18)16-21(25)22-9-11-23-12-14-28-15-13-23/h3-7,18-19H,2,8-17H2,1H3,(H,22,25). The Hall–Kier alpha value is -1.48. The molecule has 0 aliphatic carbocycles. The van der Waals surface area contributed by atoms with Crippen LogP contribution in [0, 0.1) is 11.8 Å². The predicted molar refractivity (Wildman–Crippen MR) is 112 cm³/mol. The third-order valence-electron chi connectivity index (χ3n) is 6.06. The summed E-state index contributed by atoms with van der Waals surface area (Å²) in [5, 5.41) is 3.04. The molecular weight excluding hydrogens is 390 g/mol. The highest BCUT2D eigenvalue weighted by Gasteiger charge is 2.35. The van der Waals surface area contributed by atoms with Crippen LogP contribution in [0.3, 0.4) is 0 Å². The molecule has 2 aliphatic rings. The molecule has 2 aliphatic heterocycles. The van der Waals surface area contributed by atoms with Crippen molar-refractivity contribution in [3.05, 3.63) is 30.3 Å². The van der Waals surface area contributed by atoms with Gasteiger partial charge in [-0.25, -0.2) is 8.42 Å². The molecule has 0 aromatic heterocycles. The summed E-state index contributed by atoms with van der Waals surface area (Å²) in [6.45, 7) is 7.89. The Morgan fingerprint density at radius 1 is 1.14 bits per heavy atom. The monoisotopic (exact) mass is 423 g/mol. The van der Waals surface area contributed by atoms with Crippen LogP contribution in [0.2, 0.25) is 0 Å². The molecule has 0 saturated carbocycles. The zero-order valence-corrected chi connectivity index (χ0v) is 18.1. The Bertz CT molecular complexity index is 750. The molecule has 7 nitrogen and oxygen atoms in total. The average molecular weight is 424 g/mol. The second-order valence-electron chi connectivity index (χ2n) is 7.90. The Kier molecular flexibility index (Phi) is 8.06. The maximum Gasteiger partial charge on any atom is 0.243 e. The molecule has 2 heterocycles. The van der Waals surface area contributed by atoms with Gasteiger partial charge in [-0.05, 0) is 30.4 Å². The molecule has 2 fully saturated rings. The second kappa shape index (κ2) is 10.5. The number of carbonyl (C=O) groups is 1. The van der Waals surface area contributed by atoms with Crippen LogP contribution in [0.5, 0.6) is 0 Å². The summed E-state index contributed by atoms with van der Waals surface area (Å²) in [7, 11) is -3.47. The van der Waals surface area contributed by atoms with Crippen molar-refractivity contribution in [1.29, 1.82) is 0 Å². The average Bonchev–Trinajstić information content (AvgIpc) is 2.75. The fourth-order valence-corrected chi connectivity index (χ4v) is 5.76. The van der Waals surface area contributed by atoms with Gasteiger partial charge in [0.1, 0.15) is 0 Å². The van der Waals surface area contributed by atoms with Crippen LogP contribution in [-0.4, -0.2) is 76.0 Å². The molecule has 2 unspecified atom stereocenters. The van der Waals surface area contributed by atoms with Gasteiger partial charge in [0.05, 0.1) is 18.1 Å². The maximum atomic E-state index is 12.9. The third-order valence-corrected chi connectivity index (χ3v) is 7.94. The lowest BCUT2D eigenvalue weighted by molar-refractivity contribution is -0.122. The van der Waals surface area contributed by atoms with Crippen molar-refractivity contribution in [2.24, 2.45) is 11.8 Å². The van der Waals surface area contributed by atoms with Crippen LogP contribution in [0.25, 0.3) is 0 Å². The number of ether oxygens (including phenoxy) is 1. The van der Waals surface area contributed by atoms with Crippen LogP contribution in [-0.2, 0) is 19.6 Å². The molecule has 2 atom stereocenters. The lowest BCUT2D eigenvalue weighted by atomic mass is 9.82. The van der Waals surface area contributed by atoms with Crippen molar-refractivity contribution >= 4 is 15.9 Å². The van der Waals surface area contributed by atoms with Gasteiger partial charge in [0.2, 0.25) is 15.9 Å². The maximum absolute atomic E-state index is 12.9. The number of hydrogen-bond acceptors (Lipinski definition) is 5. The molecule has 1 amide bonds. The molecular formula is C21H33N3O4S. The number of nitrogens with one attached hydrogen (secondary N) is 1. The molecule has 162 valence electrons. The first kappa shape index (κ1) is 22.2. The van der Waals surface area contributed by atoms with E-state index in [1.165, 1.54) is 0 Å². The molecule has 3 rings (SSSR count). The van der Waals surface area contributed by atoms with Gasteiger partial charge in [0.25, 0.3) is 0 Å². The van der Waals surface area contributed by atoms with Gasteiger partial charge in [-0.3, -0.25) is 9.69 Å². The Balaban J connectivity index is 1.48. The summed E-state index contributed by atoms with van der Waals surface area (Å²) in [4.78, 5) is 15.1. The van der Waals surface area contributed by atoms with E-state index in [1.54, 1.807) is 28.6 Å². The second-order valence-corrected chi connectivity index (χ2v) is 9.84. The first-order valence-corrected chi connectivity index (χ1v) is 12.1. The number of benzene rings is 1.